The van der Waals surface area contributed by atoms with Crippen molar-refractivity contribution < 1.29 is 14.3 Å². The lowest BCUT2D eigenvalue weighted by Crippen LogP contribution is -2.37. The second-order valence-corrected chi connectivity index (χ2v) is 7.47. The SMILES string of the molecule is COc1ccc(C(CNC(=O)Cc2cccs2)N2CCCC2)cc1OC. The maximum absolute atomic E-state index is 12.3. The van der Waals surface area contributed by atoms with E-state index in [-0.39, 0.29) is 11.9 Å². The van der Waals surface area contributed by atoms with Gasteiger partial charge in [0.1, 0.15) is 0 Å². The molecule has 140 valence electrons. The molecule has 1 saturated heterocycles. The van der Waals surface area contributed by atoms with E-state index in [1.54, 1.807) is 25.6 Å². The van der Waals surface area contributed by atoms with Gasteiger partial charge in [-0.1, -0.05) is 12.1 Å². The van der Waals surface area contributed by atoms with E-state index in [1.807, 2.05) is 29.6 Å². The fourth-order valence-electron chi connectivity index (χ4n) is 3.42. The van der Waals surface area contributed by atoms with Crippen molar-refractivity contribution in [3.8, 4) is 11.5 Å². The van der Waals surface area contributed by atoms with Crippen LogP contribution >= 0.6 is 11.3 Å². The predicted octanol–water partition coefficient (Wildman–Crippen LogP) is 3.26. The summed E-state index contributed by atoms with van der Waals surface area (Å²) in [7, 11) is 3.29. The number of nitrogens with zero attached hydrogens (tertiary/aromatic N) is 1. The zero-order valence-electron chi connectivity index (χ0n) is 15.4. The van der Waals surface area contributed by atoms with Gasteiger partial charge in [-0.05, 0) is 55.1 Å². The van der Waals surface area contributed by atoms with Crippen LogP contribution in [0.25, 0.3) is 0 Å². The van der Waals surface area contributed by atoms with Crippen molar-refractivity contribution in [3.05, 3.63) is 46.2 Å². The molecule has 1 amide bonds. The molecule has 0 spiro atoms. The van der Waals surface area contributed by atoms with Crippen LogP contribution in [0.15, 0.2) is 35.7 Å². The number of carbonyl (C=O) groups excluding carboxylic acids is 1. The van der Waals surface area contributed by atoms with Gasteiger partial charge in [-0.2, -0.15) is 0 Å². The molecule has 26 heavy (non-hydrogen) atoms. The van der Waals surface area contributed by atoms with Crippen molar-refractivity contribution in [3.63, 3.8) is 0 Å². The van der Waals surface area contributed by atoms with Crippen LogP contribution in [-0.4, -0.2) is 44.7 Å². The minimum absolute atomic E-state index is 0.0668. The molecule has 6 heteroatoms. The van der Waals surface area contributed by atoms with Gasteiger partial charge in [0.2, 0.25) is 5.91 Å². The molecular formula is C20H26N2O3S. The van der Waals surface area contributed by atoms with Crippen molar-refractivity contribution in [1.29, 1.82) is 0 Å². The summed E-state index contributed by atoms with van der Waals surface area (Å²) in [4.78, 5) is 15.8. The van der Waals surface area contributed by atoms with E-state index in [2.05, 4.69) is 16.3 Å². The van der Waals surface area contributed by atoms with Gasteiger partial charge in [0.05, 0.1) is 26.7 Å². The van der Waals surface area contributed by atoms with Crippen molar-refractivity contribution in [2.75, 3.05) is 33.9 Å². The molecule has 1 N–H and O–H groups in total. The molecule has 2 heterocycles. The maximum atomic E-state index is 12.3. The number of hydrogen-bond acceptors (Lipinski definition) is 5. The highest BCUT2D eigenvalue weighted by atomic mass is 32.1. The summed E-state index contributed by atoms with van der Waals surface area (Å²) in [5, 5.41) is 5.12. The fourth-order valence-corrected chi connectivity index (χ4v) is 4.12. The molecule has 0 radical (unpaired) electrons. The summed E-state index contributed by atoms with van der Waals surface area (Å²) < 4.78 is 10.8. The van der Waals surface area contributed by atoms with Crippen LogP contribution in [0, 0.1) is 0 Å². The van der Waals surface area contributed by atoms with E-state index in [1.165, 1.54) is 12.8 Å². The molecular weight excluding hydrogens is 348 g/mol. The van der Waals surface area contributed by atoms with Crippen LogP contribution in [-0.2, 0) is 11.2 Å². The summed E-state index contributed by atoms with van der Waals surface area (Å²) in [6.45, 7) is 2.71. The molecule has 1 aliphatic rings. The lowest BCUT2D eigenvalue weighted by atomic mass is 10.0. The van der Waals surface area contributed by atoms with Crippen molar-refractivity contribution in [2.24, 2.45) is 0 Å². The first-order valence-electron chi connectivity index (χ1n) is 8.96. The highest BCUT2D eigenvalue weighted by Gasteiger charge is 2.25. The lowest BCUT2D eigenvalue weighted by molar-refractivity contribution is -0.120. The Labute approximate surface area is 158 Å². The minimum atomic E-state index is 0.0668. The Bertz CT molecular complexity index is 712. The molecule has 1 atom stereocenters. The number of rotatable bonds is 8. The quantitative estimate of drug-likeness (QED) is 0.771. The Balaban J connectivity index is 1.72. The van der Waals surface area contributed by atoms with E-state index < -0.39 is 0 Å². The zero-order valence-corrected chi connectivity index (χ0v) is 16.2. The largest absolute Gasteiger partial charge is 0.493 e. The predicted molar refractivity (Wildman–Crippen MR) is 104 cm³/mol. The van der Waals surface area contributed by atoms with Gasteiger partial charge >= 0.3 is 0 Å². The van der Waals surface area contributed by atoms with Gasteiger partial charge in [0, 0.05) is 11.4 Å². The second kappa shape index (κ2) is 9.05. The molecule has 2 aromatic rings. The first-order chi connectivity index (χ1) is 12.7. The Kier molecular flexibility index (Phi) is 6.52. The Morgan fingerprint density at radius 3 is 2.62 bits per heavy atom. The third-order valence-electron chi connectivity index (χ3n) is 4.78. The third kappa shape index (κ3) is 4.56. The normalized spacial score (nSPS) is 15.6. The number of likely N-dealkylation sites (tertiary alicyclic amines) is 1. The summed E-state index contributed by atoms with van der Waals surface area (Å²) in [6, 6.07) is 10.1. The highest BCUT2D eigenvalue weighted by molar-refractivity contribution is 7.10. The number of nitrogens with one attached hydrogen (secondary N) is 1. The molecule has 1 fully saturated rings. The van der Waals surface area contributed by atoms with Crippen LogP contribution in [0.1, 0.15) is 29.3 Å². The van der Waals surface area contributed by atoms with E-state index >= 15 is 0 Å². The van der Waals surface area contributed by atoms with Crippen molar-refractivity contribution in [2.45, 2.75) is 25.3 Å². The number of methoxy groups -OCH3 is 2. The molecule has 0 saturated carbocycles. The number of benzene rings is 1. The van der Waals surface area contributed by atoms with Gasteiger partial charge < -0.3 is 14.8 Å². The summed E-state index contributed by atoms with van der Waals surface area (Å²) >= 11 is 1.61. The number of thiophene rings is 1. The van der Waals surface area contributed by atoms with Crippen LogP contribution in [0.4, 0.5) is 0 Å². The molecule has 1 aromatic heterocycles. The Hall–Kier alpha value is -2.05. The van der Waals surface area contributed by atoms with Gasteiger partial charge in [0.25, 0.3) is 0 Å². The number of carbonyl (C=O) groups is 1. The first-order valence-corrected chi connectivity index (χ1v) is 9.84. The first kappa shape index (κ1) is 18.7. The van der Waals surface area contributed by atoms with Gasteiger partial charge in [-0.25, -0.2) is 0 Å². The average Bonchev–Trinajstić information content (AvgIpc) is 3.36. The van der Waals surface area contributed by atoms with Gasteiger partial charge in [0.15, 0.2) is 11.5 Å². The van der Waals surface area contributed by atoms with Crippen LogP contribution in [0.2, 0.25) is 0 Å². The molecule has 1 unspecified atom stereocenters. The number of ether oxygens (including phenoxy) is 2. The van der Waals surface area contributed by atoms with Gasteiger partial charge in [-0.15, -0.1) is 11.3 Å². The molecule has 1 aromatic carbocycles. The average molecular weight is 375 g/mol. The Morgan fingerprint density at radius 2 is 1.96 bits per heavy atom. The van der Waals surface area contributed by atoms with E-state index in [9.17, 15) is 4.79 Å². The Morgan fingerprint density at radius 1 is 1.19 bits per heavy atom. The topological polar surface area (TPSA) is 50.8 Å². The van der Waals surface area contributed by atoms with Crippen molar-refractivity contribution >= 4 is 17.2 Å². The van der Waals surface area contributed by atoms with Crippen LogP contribution < -0.4 is 14.8 Å². The second-order valence-electron chi connectivity index (χ2n) is 6.43. The number of amides is 1. The molecule has 5 nitrogen and oxygen atoms in total. The summed E-state index contributed by atoms with van der Waals surface area (Å²) in [5.41, 5.74) is 1.14. The standard InChI is InChI=1S/C20H26N2O3S/c1-24-18-8-7-15(12-19(18)25-2)17(22-9-3-4-10-22)14-21-20(23)13-16-6-5-11-26-16/h5-8,11-12,17H,3-4,9-10,13-14H2,1-2H3,(H,21,23). The summed E-state index contributed by atoms with van der Waals surface area (Å²) in [6.07, 6.45) is 2.84. The van der Waals surface area contributed by atoms with Crippen molar-refractivity contribution in [1.82, 2.24) is 10.2 Å². The molecule has 1 aliphatic heterocycles. The smallest absolute Gasteiger partial charge is 0.225 e. The maximum Gasteiger partial charge on any atom is 0.225 e. The zero-order chi connectivity index (χ0) is 18.4. The number of hydrogen-bond donors (Lipinski definition) is 1. The van der Waals surface area contributed by atoms with Gasteiger partial charge in [-0.3, -0.25) is 9.69 Å². The van der Waals surface area contributed by atoms with E-state index in [4.69, 9.17) is 9.47 Å². The molecule has 0 bridgehead atoms. The monoisotopic (exact) mass is 374 g/mol. The molecule has 0 aliphatic carbocycles. The van der Waals surface area contributed by atoms with Crippen LogP contribution in [0.3, 0.4) is 0 Å². The third-order valence-corrected chi connectivity index (χ3v) is 5.66. The summed E-state index contributed by atoms with van der Waals surface area (Å²) in [5.74, 6) is 1.51. The lowest BCUT2D eigenvalue weighted by Gasteiger charge is -2.28. The minimum Gasteiger partial charge on any atom is -0.493 e. The van der Waals surface area contributed by atoms with Crippen LogP contribution in [0.5, 0.6) is 11.5 Å². The van der Waals surface area contributed by atoms with E-state index in [0.29, 0.717) is 13.0 Å². The fraction of sp³-hybridized carbons (Fsp3) is 0.450. The highest BCUT2D eigenvalue weighted by Crippen LogP contribution is 2.33. The molecule has 3 rings (SSSR count). The van der Waals surface area contributed by atoms with E-state index in [0.717, 1.165) is 35.0 Å².